The van der Waals surface area contributed by atoms with Crippen molar-refractivity contribution in [1.29, 1.82) is 0 Å². The summed E-state index contributed by atoms with van der Waals surface area (Å²) in [4.78, 5) is 25.0. The fourth-order valence-corrected chi connectivity index (χ4v) is 2.83. The quantitative estimate of drug-likeness (QED) is 0.846. The first-order valence-corrected chi connectivity index (χ1v) is 8.19. The number of anilines is 1. The van der Waals surface area contributed by atoms with Crippen molar-refractivity contribution < 1.29 is 27.5 Å². The van der Waals surface area contributed by atoms with Crippen molar-refractivity contribution in [1.82, 2.24) is 5.32 Å². The molecule has 2 amide bonds. The normalized spacial score (nSPS) is 15.3. The molecule has 0 atom stereocenters. The highest BCUT2D eigenvalue weighted by atomic mass is 32.1. The monoisotopic (exact) mass is 370 g/mol. The molecule has 0 unspecified atom stereocenters. The summed E-state index contributed by atoms with van der Waals surface area (Å²) in [7, 11) is 0. The van der Waals surface area contributed by atoms with E-state index < -0.39 is 17.8 Å². The lowest BCUT2D eigenvalue weighted by atomic mass is 10.2. The largest absolute Gasteiger partial charge is 0.573 e. The van der Waals surface area contributed by atoms with Crippen LogP contribution in [0.1, 0.15) is 22.5 Å². The van der Waals surface area contributed by atoms with E-state index in [0.29, 0.717) is 23.4 Å². The minimum atomic E-state index is -4.77. The van der Waals surface area contributed by atoms with Gasteiger partial charge in [-0.15, -0.1) is 24.5 Å². The van der Waals surface area contributed by atoms with Gasteiger partial charge in [0.15, 0.2) is 0 Å². The standard InChI is InChI=1S/C16H13F3N2O3S/c17-16(18,19)24-11-5-3-10(4-6-11)20-14(23)15(7-8-15)21-13(22)12-2-1-9-25-12/h1-6,9H,7-8H2,(H,20,23)(H,21,22). The molecule has 1 saturated carbocycles. The number of alkyl halides is 3. The van der Waals surface area contributed by atoms with E-state index in [1.54, 1.807) is 17.5 Å². The minimum absolute atomic E-state index is 0.316. The van der Waals surface area contributed by atoms with E-state index in [1.807, 2.05) is 0 Å². The molecule has 0 spiro atoms. The lowest BCUT2D eigenvalue weighted by Crippen LogP contribution is -2.45. The van der Waals surface area contributed by atoms with Gasteiger partial charge in [0, 0.05) is 5.69 Å². The van der Waals surface area contributed by atoms with E-state index in [2.05, 4.69) is 15.4 Å². The van der Waals surface area contributed by atoms with Crippen LogP contribution in [0.4, 0.5) is 18.9 Å². The maximum Gasteiger partial charge on any atom is 0.573 e. The summed E-state index contributed by atoms with van der Waals surface area (Å²) in [6.07, 6.45) is -3.76. The third-order valence-corrected chi connectivity index (χ3v) is 4.50. The number of carbonyl (C=O) groups excluding carboxylic acids is 2. The fraction of sp³-hybridized carbons (Fsp3) is 0.250. The van der Waals surface area contributed by atoms with Crippen LogP contribution in [0.25, 0.3) is 0 Å². The molecule has 0 aliphatic heterocycles. The van der Waals surface area contributed by atoms with Crippen LogP contribution in [-0.2, 0) is 4.79 Å². The molecule has 0 radical (unpaired) electrons. The maximum absolute atomic E-state index is 12.4. The van der Waals surface area contributed by atoms with Gasteiger partial charge in [0.25, 0.3) is 5.91 Å². The fourth-order valence-electron chi connectivity index (χ4n) is 2.21. The van der Waals surface area contributed by atoms with Gasteiger partial charge in [0.1, 0.15) is 11.3 Å². The molecule has 5 nitrogen and oxygen atoms in total. The zero-order valence-electron chi connectivity index (χ0n) is 12.7. The van der Waals surface area contributed by atoms with Gasteiger partial charge in [-0.1, -0.05) is 6.07 Å². The summed E-state index contributed by atoms with van der Waals surface area (Å²) in [5.74, 6) is -1.10. The Bertz CT molecular complexity index is 769. The van der Waals surface area contributed by atoms with Crippen molar-refractivity contribution in [2.45, 2.75) is 24.7 Å². The van der Waals surface area contributed by atoms with Crippen LogP contribution in [-0.4, -0.2) is 23.7 Å². The Hall–Kier alpha value is -2.55. The number of benzene rings is 1. The number of nitrogens with one attached hydrogen (secondary N) is 2. The molecule has 1 aliphatic rings. The predicted molar refractivity (Wildman–Crippen MR) is 85.5 cm³/mol. The van der Waals surface area contributed by atoms with Crippen LogP contribution in [0.3, 0.4) is 0 Å². The van der Waals surface area contributed by atoms with Gasteiger partial charge in [-0.3, -0.25) is 9.59 Å². The highest BCUT2D eigenvalue weighted by molar-refractivity contribution is 7.12. The number of hydrogen-bond acceptors (Lipinski definition) is 4. The number of thiophene rings is 1. The van der Waals surface area contributed by atoms with Gasteiger partial charge in [-0.2, -0.15) is 0 Å². The van der Waals surface area contributed by atoms with Gasteiger partial charge in [0.2, 0.25) is 5.91 Å². The second-order valence-corrected chi connectivity index (χ2v) is 6.49. The maximum atomic E-state index is 12.4. The molecule has 2 N–H and O–H groups in total. The first kappa shape index (κ1) is 17.3. The summed E-state index contributed by atoms with van der Waals surface area (Å²) in [5.41, 5.74) is -0.654. The molecular weight excluding hydrogens is 357 g/mol. The van der Waals surface area contributed by atoms with Crippen LogP contribution in [0, 0.1) is 0 Å². The average Bonchev–Trinajstić information content (AvgIpc) is 3.10. The van der Waals surface area contributed by atoms with Crippen LogP contribution >= 0.6 is 11.3 Å². The SMILES string of the molecule is O=C(NC1(C(=O)Nc2ccc(OC(F)(F)F)cc2)CC1)c1cccs1. The second-order valence-electron chi connectivity index (χ2n) is 5.54. The zero-order chi connectivity index (χ0) is 18.1. The highest BCUT2D eigenvalue weighted by Crippen LogP contribution is 2.37. The van der Waals surface area contributed by atoms with Gasteiger partial charge < -0.3 is 15.4 Å². The molecule has 25 heavy (non-hydrogen) atoms. The number of hydrogen-bond donors (Lipinski definition) is 2. The lowest BCUT2D eigenvalue weighted by Gasteiger charge is -2.17. The molecule has 1 aliphatic carbocycles. The van der Waals surface area contributed by atoms with Crippen molar-refractivity contribution in [3.05, 3.63) is 46.7 Å². The molecule has 3 rings (SSSR count). The van der Waals surface area contributed by atoms with Crippen molar-refractivity contribution in [3.63, 3.8) is 0 Å². The molecule has 9 heteroatoms. The summed E-state index contributed by atoms with van der Waals surface area (Å²) < 4.78 is 40.1. The van der Waals surface area contributed by atoms with E-state index >= 15 is 0 Å². The van der Waals surface area contributed by atoms with Gasteiger partial charge in [-0.05, 0) is 48.6 Å². The van der Waals surface area contributed by atoms with Crippen LogP contribution in [0.15, 0.2) is 41.8 Å². The third-order valence-electron chi connectivity index (χ3n) is 3.63. The topological polar surface area (TPSA) is 67.4 Å². The Morgan fingerprint density at radius 1 is 1.12 bits per heavy atom. The van der Waals surface area contributed by atoms with E-state index in [4.69, 9.17) is 0 Å². The summed E-state index contributed by atoms with van der Waals surface area (Å²) in [6, 6.07) is 8.21. The molecular formula is C16H13F3N2O3S. The molecule has 2 aromatic rings. The van der Waals surface area contributed by atoms with Crippen molar-refractivity contribution in [2.24, 2.45) is 0 Å². The van der Waals surface area contributed by atoms with Crippen LogP contribution in [0.5, 0.6) is 5.75 Å². The molecule has 1 fully saturated rings. The Kier molecular flexibility index (Phi) is 4.42. The van der Waals surface area contributed by atoms with Crippen molar-refractivity contribution in [2.75, 3.05) is 5.32 Å². The predicted octanol–water partition coefficient (Wildman–Crippen LogP) is 3.55. The summed E-state index contributed by atoms with van der Waals surface area (Å²) >= 11 is 1.27. The summed E-state index contributed by atoms with van der Waals surface area (Å²) in [6.45, 7) is 0. The molecule has 0 saturated heterocycles. The summed E-state index contributed by atoms with van der Waals surface area (Å²) in [5, 5.41) is 7.08. The smallest absolute Gasteiger partial charge is 0.406 e. The number of rotatable bonds is 5. The number of amides is 2. The van der Waals surface area contributed by atoms with Crippen LogP contribution in [0.2, 0.25) is 0 Å². The van der Waals surface area contributed by atoms with Crippen molar-refractivity contribution >= 4 is 28.8 Å². The Morgan fingerprint density at radius 3 is 2.32 bits per heavy atom. The molecule has 132 valence electrons. The molecule has 1 heterocycles. The average molecular weight is 370 g/mol. The van der Waals surface area contributed by atoms with E-state index in [0.717, 1.165) is 12.1 Å². The van der Waals surface area contributed by atoms with E-state index in [9.17, 15) is 22.8 Å². The van der Waals surface area contributed by atoms with E-state index in [-0.39, 0.29) is 11.7 Å². The number of ether oxygens (including phenoxy) is 1. The van der Waals surface area contributed by atoms with Crippen LogP contribution < -0.4 is 15.4 Å². The number of carbonyl (C=O) groups is 2. The Morgan fingerprint density at radius 2 is 1.80 bits per heavy atom. The molecule has 0 bridgehead atoms. The lowest BCUT2D eigenvalue weighted by molar-refractivity contribution is -0.274. The Labute approximate surface area is 144 Å². The van der Waals surface area contributed by atoms with Gasteiger partial charge >= 0.3 is 6.36 Å². The molecule has 1 aromatic carbocycles. The highest BCUT2D eigenvalue weighted by Gasteiger charge is 2.51. The second kappa shape index (κ2) is 6.40. The van der Waals surface area contributed by atoms with E-state index in [1.165, 1.54) is 23.5 Å². The van der Waals surface area contributed by atoms with Gasteiger partial charge in [0.05, 0.1) is 4.88 Å². The van der Waals surface area contributed by atoms with Crippen molar-refractivity contribution in [3.8, 4) is 5.75 Å². The minimum Gasteiger partial charge on any atom is -0.406 e. The van der Waals surface area contributed by atoms with Gasteiger partial charge in [-0.25, -0.2) is 0 Å². The Balaban J connectivity index is 1.61. The number of halogens is 3. The first-order chi connectivity index (χ1) is 11.8. The molecule has 1 aromatic heterocycles. The zero-order valence-corrected chi connectivity index (χ0v) is 13.5. The third kappa shape index (κ3) is 4.30. The first-order valence-electron chi connectivity index (χ1n) is 7.31.